The third kappa shape index (κ3) is 5.71. The Labute approximate surface area is 170 Å². The van der Waals surface area contributed by atoms with E-state index in [1.165, 1.54) is 22.3 Å². The molecule has 6 rings (SSSR count). The lowest BCUT2D eigenvalue weighted by atomic mass is 10.0. The average Bonchev–Trinajstić information content (AvgIpc) is 2.73. The highest BCUT2D eigenvalue weighted by atomic mass is 15.1. The van der Waals surface area contributed by atoms with Crippen molar-refractivity contribution >= 4 is 0 Å². The van der Waals surface area contributed by atoms with E-state index in [1.54, 1.807) is 0 Å². The quantitative estimate of drug-likeness (QED) is 0.646. The zero-order valence-electron chi connectivity index (χ0n) is 17.0. The van der Waals surface area contributed by atoms with Gasteiger partial charge >= 0.3 is 0 Å². The van der Waals surface area contributed by atoms with Crippen LogP contribution in [0.15, 0.2) is 48.5 Å². The minimum Gasteiger partial charge on any atom is -0.302 e. The molecule has 0 radical (unpaired) electrons. The van der Waals surface area contributed by atoms with Crippen molar-refractivity contribution in [2.24, 2.45) is 0 Å². The van der Waals surface area contributed by atoms with E-state index in [9.17, 15) is 0 Å². The number of nitrogens with zero attached hydrogens (tertiary/aromatic N) is 2. The Morgan fingerprint density at radius 2 is 0.714 bits per heavy atom. The molecule has 0 saturated carbocycles. The van der Waals surface area contributed by atoms with Gasteiger partial charge in [0.2, 0.25) is 0 Å². The van der Waals surface area contributed by atoms with Crippen molar-refractivity contribution in [3.05, 3.63) is 70.8 Å². The maximum absolute atomic E-state index is 3.43. The van der Waals surface area contributed by atoms with Gasteiger partial charge in [-0.25, -0.2) is 0 Å². The number of benzene rings is 2. The second-order valence-electron chi connectivity index (χ2n) is 8.17. The largest absolute Gasteiger partial charge is 0.302 e. The van der Waals surface area contributed by atoms with Gasteiger partial charge in [0.1, 0.15) is 0 Å². The third-order valence-electron chi connectivity index (χ3n) is 6.14. The first kappa shape index (κ1) is 19.2. The van der Waals surface area contributed by atoms with Crippen LogP contribution in [0.5, 0.6) is 0 Å². The summed E-state index contributed by atoms with van der Waals surface area (Å²) in [5.74, 6) is 6.87. The summed E-state index contributed by atoms with van der Waals surface area (Å²) in [7, 11) is 0. The molecule has 0 N–H and O–H groups in total. The van der Waals surface area contributed by atoms with Gasteiger partial charge in [-0.3, -0.25) is 0 Å². The van der Waals surface area contributed by atoms with E-state index in [-0.39, 0.29) is 0 Å². The van der Waals surface area contributed by atoms with Gasteiger partial charge in [-0.2, -0.15) is 0 Å². The number of fused-ring (bicyclic) bond motifs is 8. The predicted octanol–water partition coefficient (Wildman–Crippen LogP) is 3.97. The molecule has 28 heavy (non-hydrogen) atoms. The first-order valence-electron chi connectivity index (χ1n) is 10.9. The van der Waals surface area contributed by atoms with Gasteiger partial charge in [0.05, 0.1) is 0 Å². The topological polar surface area (TPSA) is 6.48 Å². The normalized spacial score (nSPS) is 23.4. The molecule has 6 bridgehead atoms. The van der Waals surface area contributed by atoms with E-state index in [2.05, 4.69) is 70.2 Å². The predicted molar refractivity (Wildman–Crippen MR) is 118 cm³/mol. The molecule has 0 unspecified atom stereocenters. The molecular formula is C26H32N2. The Morgan fingerprint density at radius 3 is 1.00 bits per heavy atom. The maximum atomic E-state index is 3.43. The van der Waals surface area contributed by atoms with Crippen LogP contribution in [-0.4, -0.2) is 49.1 Å². The zero-order valence-corrected chi connectivity index (χ0v) is 17.0. The summed E-state index contributed by atoms with van der Waals surface area (Å²) in [6.07, 6.45) is 6.46. The van der Waals surface area contributed by atoms with Crippen LogP contribution in [0, 0.1) is 11.8 Å². The molecule has 0 aliphatic carbocycles. The van der Waals surface area contributed by atoms with Crippen molar-refractivity contribution in [2.45, 2.75) is 38.5 Å². The fourth-order valence-corrected chi connectivity index (χ4v) is 4.17. The molecule has 4 heterocycles. The van der Waals surface area contributed by atoms with E-state index >= 15 is 0 Å². The molecule has 0 amide bonds. The fourth-order valence-electron chi connectivity index (χ4n) is 4.17. The van der Waals surface area contributed by atoms with E-state index in [1.807, 2.05) is 0 Å². The fraction of sp³-hybridized carbons (Fsp3) is 0.462. The molecular weight excluding hydrogens is 340 g/mol. The number of hydrogen-bond donors (Lipinski definition) is 0. The Bertz CT molecular complexity index is 674. The lowest BCUT2D eigenvalue weighted by Crippen LogP contribution is -2.30. The van der Waals surface area contributed by atoms with Crippen LogP contribution in [0.3, 0.4) is 0 Å². The molecule has 146 valence electrons. The van der Waals surface area contributed by atoms with Crippen molar-refractivity contribution in [3.63, 3.8) is 0 Å². The lowest BCUT2D eigenvalue weighted by molar-refractivity contribution is 0.284. The van der Waals surface area contributed by atoms with E-state index in [0.717, 1.165) is 77.8 Å². The van der Waals surface area contributed by atoms with Gasteiger partial charge in [-0.1, -0.05) is 48.5 Å². The van der Waals surface area contributed by atoms with Crippen LogP contribution in [0.4, 0.5) is 0 Å². The van der Waals surface area contributed by atoms with Crippen molar-refractivity contribution in [3.8, 4) is 11.8 Å². The Morgan fingerprint density at radius 1 is 0.429 bits per heavy atom. The molecule has 0 saturated heterocycles. The summed E-state index contributed by atoms with van der Waals surface area (Å²) < 4.78 is 0. The Kier molecular flexibility index (Phi) is 6.82. The first-order valence-corrected chi connectivity index (χ1v) is 10.9. The van der Waals surface area contributed by atoms with Crippen molar-refractivity contribution in [2.75, 3.05) is 39.3 Å². The smallest absolute Gasteiger partial charge is 0.0217 e. The third-order valence-corrected chi connectivity index (χ3v) is 6.14. The standard InChI is InChI=1S/C26H32N2/c1-2-4-18-28-21-15-25-9-5-23(6-10-25)13-19-27(17-3-1)20-14-24-7-11-26(12-8-24)16-22-28/h5-12H,3-4,13-22H2. The SMILES string of the molecule is C1#CCCN2CCc3ccc(cc3)CCN(CC1)CCc1ccc(cc1)CC2. The minimum atomic E-state index is 0.984. The van der Waals surface area contributed by atoms with Crippen LogP contribution >= 0.6 is 0 Å². The summed E-state index contributed by atoms with van der Waals surface area (Å²) in [5, 5.41) is 0. The average molecular weight is 373 g/mol. The summed E-state index contributed by atoms with van der Waals surface area (Å²) in [4.78, 5) is 5.20. The number of rotatable bonds is 0. The second-order valence-corrected chi connectivity index (χ2v) is 8.17. The molecule has 0 aromatic heterocycles. The van der Waals surface area contributed by atoms with Crippen molar-refractivity contribution < 1.29 is 0 Å². The van der Waals surface area contributed by atoms with Gasteiger partial charge in [0, 0.05) is 52.1 Å². The molecule has 0 atom stereocenters. The minimum absolute atomic E-state index is 0.984. The van der Waals surface area contributed by atoms with Crippen LogP contribution in [-0.2, 0) is 25.7 Å². The van der Waals surface area contributed by atoms with Gasteiger partial charge < -0.3 is 9.80 Å². The zero-order chi connectivity index (χ0) is 19.0. The van der Waals surface area contributed by atoms with Crippen LogP contribution in [0.25, 0.3) is 0 Å². The molecule has 2 heteroatoms. The maximum Gasteiger partial charge on any atom is 0.0217 e. The Hall–Kier alpha value is -2.08. The highest BCUT2D eigenvalue weighted by Gasteiger charge is 2.09. The lowest BCUT2D eigenvalue weighted by Gasteiger charge is -2.23. The molecule has 0 fully saturated rings. The van der Waals surface area contributed by atoms with E-state index in [4.69, 9.17) is 0 Å². The van der Waals surface area contributed by atoms with Crippen molar-refractivity contribution in [1.82, 2.24) is 9.80 Å². The summed E-state index contributed by atoms with van der Waals surface area (Å²) >= 11 is 0. The molecule has 0 spiro atoms. The van der Waals surface area contributed by atoms with Crippen molar-refractivity contribution in [1.29, 1.82) is 0 Å². The second kappa shape index (κ2) is 9.92. The number of hydrogen-bond acceptors (Lipinski definition) is 2. The molecule has 2 aromatic carbocycles. The van der Waals surface area contributed by atoms with Gasteiger partial charge in [0.25, 0.3) is 0 Å². The molecule has 2 nitrogen and oxygen atoms in total. The first-order chi connectivity index (χ1) is 13.8. The van der Waals surface area contributed by atoms with Gasteiger partial charge in [-0.15, -0.1) is 11.8 Å². The highest BCUT2D eigenvalue weighted by Crippen LogP contribution is 2.12. The van der Waals surface area contributed by atoms with Crippen LogP contribution < -0.4 is 0 Å². The van der Waals surface area contributed by atoms with E-state index < -0.39 is 0 Å². The summed E-state index contributed by atoms with van der Waals surface area (Å²) in [6, 6.07) is 18.7. The Balaban J connectivity index is 1.60. The molecule has 4 aliphatic rings. The molecule has 4 aliphatic heterocycles. The monoisotopic (exact) mass is 372 g/mol. The van der Waals surface area contributed by atoms with E-state index in [0.29, 0.717) is 0 Å². The van der Waals surface area contributed by atoms with Crippen LogP contribution in [0.2, 0.25) is 0 Å². The van der Waals surface area contributed by atoms with Gasteiger partial charge in [0.15, 0.2) is 0 Å². The van der Waals surface area contributed by atoms with Gasteiger partial charge in [-0.05, 0) is 47.9 Å². The summed E-state index contributed by atoms with van der Waals surface area (Å²) in [5.41, 5.74) is 5.81. The summed E-state index contributed by atoms with van der Waals surface area (Å²) in [6.45, 7) is 6.62. The highest BCUT2D eigenvalue weighted by molar-refractivity contribution is 5.24. The van der Waals surface area contributed by atoms with Crippen LogP contribution in [0.1, 0.15) is 35.1 Å². The molecule has 2 aromatic rings.